The van der Waals surface area contributed by atoms with Gasteiger partial charge in [0.15, 0.2) is 0 Å². The molecule has 0 aromatic heterocycles. The minimum atomic E-state index is -3.10. The summed E-state index contributed by atoms with van der Waals surface area (Å²) in [6.45, 7) is 4.56. The molecule has 16 heteroatoms. The molecular formula is C42H76O8Si8. The van der Waals surface area contributed by atoms with E-state index in [4.69, 9.17) is 32.9 Å². The van der Waals surface area contributed by atoms with Crippen molar-refractivity contribution in [3.8, 4) is 0 Å². The predicted molar refractivity (Wildman–Crippen MR) is 244 cm³/mol. The van der Waals surface area contributed by atoms with Gasteiger partial charge in [-0.1, -0.05) is 96.0 Å². The van der Waals surface area contributed by atoms with Crippen LogP contribution < -0.4 is 0 Å². The number of rotatable bonds is 9. The monoisotopic (exact) mass is 932 g/mol. The summed E-state index contributed by atoms with van der Waals surface area (Å²) in [5.41, 5.74) is 7.39. The van der Waals surface area contributed by atoms with Gasteiger partial charge in [0.1, 0.15) is 0 Å². The van der Waals surface area contributed by atoms with Crippen LogP contribution in [-0.2, 0) is 32.9 Å². The zero-order valence-electron chi connectivity index (χ0n) is 35.9. The topological polar surface area (TPSA) is 73.8 Å². The molecule has 0 aromatic carbocycles. The highest BCUT2D eigenvalue weighted by Gasteiger charge is 2.83. The highest BCUT2D eigenvalue weighted by atomic mass is 28.6. The molecule has 6 aliphatic heterocycles. The van der Waals surface area contributed by atoms with Crippen LogP contribution in [0, 0.1) is 0 Å². The molecule has 0 radical (unpaired) electrons. The molecule has 6 saturated heterocycles. The van der Waals surface area contributed by atoms with Crippen molar-refractivity contribution in [2.45, 2.75) is 247 Å². The summed E-state index contributed by atoms with van der Waals surface area (Å²) in [6, 6.07) is 0.827. The van der Waals surface area contributed by atoms with E-state index in [-0.39, 0.29) is 0 Å². The van der Waals surface area contributed by atoms with Crippen molar-refractivity contribution in [2.75, 3.05) is 0 Å². The maximum Gasteiger partial charge on any atom is 0.326 e. The number of allylic oxidation sites excluding steroid dienone is 1. The van der Waals surface area contributed by atoms with Crippen LogP contribution in [0.25, 0.3) is 0 Å². The molecule has 8 unspecified atom stereocenters. The summed E-state index contributed by atoms with van der Waals surface area (Å²) >= 11 is 0. The van der Waals surface area contributed by atoms with Crippen molar-refractivity contribution in [3.63, 3.8) is 0 Å². The van der Waals surface area contributed by atoms with Gasteiger partial charge in [0.05, 0.1) is 0 Å². The molecule has 13 aliphatic rings. The molecule has 0 amide bonds. The summed E-state index contributed by atoms with van der Waals surface area (Å²) in [5, 5.41) is 0. The third kappa shape index (κ3) is 6.37. The normalized spacial score (nSPS) is 49.9. The third-order valence-electron chi connectivity index (χ3n) is 19.1. The summed E-state index contributed by atoms with van der Waals surface area (Å²) in [4.78, 5) is 0. The maximum atomic E-state index is 9.01. The van der Waals surface area contributed by atoms with Gasteiger partial charge in [-0.15, -0.1) is 6.58 Å². The van der Waals surface area contributed by atoms with Crippen LogP contribution in [-0.4, -0.2) is 68.5 Å². The van der Waals surface area contributed by atoms with E-state index in [1.807, 2.05) is 0 Å². The van der Waals surface area contributed by atoms with E-state index in [1.54, 1.807) is 0 Å². The van der Waals surface area contributed by atoms with E-state index < -0.39 is 68.5 Å². The molecule has 58 heavy (non-hydrogen) atoms. The Hall–Kier alpha value is 1.16. The van der Waals surface area contributed by atoms with Gasteiger partial charge in [-0.3, -0.25) is 0 Å². The number of hydrogen-bond acceptors (Lipinski definition) is 8. The Morgan fingerprint density at radius 2 is 0.483 bits per heavy atom. The lowest BCUT2D eigenvalue weighted by Gasteiger charge is -2.69. The molecular weight excluding hydrogens is 857 g/mol. The van der Waals surface area contributed by atoms with Crippen molar-refractivity contribution in [2.24, 2.45) is 0 Å². The molecule has 8 atom stereocenters. The van der Waals surface area contributed by atoms with Crippen LogP contribution in [0.1, 0.15) is 180 Å². The number of hydrogen-bond donors (Lipinski definition) is 0. The minimum Gasteiger partial charge on any atom is -0.415 e. The van der Waals surface area contributed by atoms with E-state index in [9.17, 15) is 0 Å². The van der Waals surface area contributed by atoms with Crippen molar-refractivity contribution in [3.05, 3.63) is 12.7 Å². The lowest BCUT2D eigenvalue weighted by Crippen LogP contribution is -2.87. The predicted octanol–water partition coefficient (Wildman–Crippen LogP) is 12.7. The Bertz CT molecular complexity index is 1370. The smallest absolute Gasteiger partial charge is 0.326 e. The largest absolute Gasteiger partial charge is 0.415 e. The van der Waals surface area contributed by atoms with Crippen LogP contribution in [0.5, 0.6) is 0 Å². The van der Waals surface area contributed by atoms with E-state index in [0.717, 1.165) is 28.7 Å². The second-order valence-electron chi connectivity index (χ2n) is 22.5. The highest BCUT2D eigenvalue weighted by Crippen LogP contribution is 2.69. The first-order valence-corrected chi connectivity index (χ1v) is 42.4. The molecule has 324 valence electrons. The Balaban J connectivity index is 1.19. The van der Waals surface area contributed by atoms with Gasteiger partial charge in [0.2, 0.25) is 0 Å². The van der Waals surface area contributed by atoms with E-state index in [1.165, 1.54) is 180 Å². The van der Waals surface area contributed by atoms with Gasteiger partial charge in [-0.05, 0) is 89.9 Å². The van der Waals surface area contributed by atoms with Gasteiger partial charge in [-0.2, -0.15) is 0 Å². The average molecular weight is 934 g/mol. The fraction of sp³-hybridized carbons (Fsp3) is 0.952. The summed E-state index contributed by atoms with van der Waals surface area (Å²) < 4.78 is 71.2. The van der Waals surface area contributed by atoms with Crippen molar-refractivity contribution >= 4 is 68.5 Å². The van der Waals surface area contributed by atoms with Gasteiger partial charge in [0.25, 0.3) is 0 Å². The van der Waals surface area contributed by atoms with E-state index in [2.05, 4.69) is 12.7 Å². The van der Waals surface area contributed by atoms with E-state index in [0.29, 0.717) is 38.8 Å². The zero-order valence-corrected chi connectivity index (χ0v) is 43.9. The SMILES string of the molecule is C=CC[Si]12C[Si]3(C4CCCC4)O[Si]4(C5CCCC5)C[Si]5(C6CCCC6)O[Si](C6CCCC6)(C[Si](C6CCCC6)(O1)O4)O[Si](C1CCCC1)(C[Si](C1CCCC1)(O3)O5)O2. The van der Waals surface area contributed by atoms with Crippen molar-refractivity contribution < 1.29 is 32.9 Å². The second kappa shape index (κ2) is 15.1. The van der Waals surface area contributed by atoms with Gasteiger partial charge in [-0.25, -0.2) is 0 Å². The highest BCUT2D eigenvalue weighted by molar-refractivity contribution is 7.14. The van der Waals surface area contributed by atoms with Gasteiger partial charge >= 0.3 is 68.5 Å². The van der Waals surface area contributed by atoms with Crippen LogP contribution in [0.4, 0.5) is 0 Å². The Labute approximate surface area is 359 Å². The Kier molecular flexibility index (Phi) is 10.6. The molecule has 13 fully saturated rings. The molecule has 13 rings (SSSR count). The standard InChI is InChI=1S/C42H76O8Si8/c1-2-31-51-32-52(36-17-3-4-18-36)45-55(39-23-9-10-24-39)33-53(43-51,37-19-5-6-20-37)47-56(40-25-11-12-26-40)34-54(44-51,38-21-7-8-22-38)48-57(46-52,41-27-13-14-28-41)35-58(49-55,50-56)42-29-15-16-30-42/h2,36-42H,1,3-35H2. The molecule has 6 heterocycles. The summed E-state index contributed by atoms with van der Waals surface area (Å²) in [5.74, 6) is 0. The Morgan fingerprint density at radius 1 is 0.293 bits per heavy atom. The molecule has 0 spiro atoms. The molecule has 0 N–H and O–H groups in total. The van der Waals surface area contributed by atoms with Gasteiger partial charge < -0.3 is 32.9 Å². The summed E-state index contributed by atoms with van der Waals surface area (Å²) in [6.07, 6.45) is 37.9. The molecule has 8 nitrogen and oxygen atoms in total. The van der Waals surface area contributed by atoms with Crippen LogP contribution in [0.3, 0.4) is 0 Å². The van der Waals surface area contributed by atoms with Crippen molar-refractivity contribution in [1.29, 1.82) is 0 Å². The second-order valence-corrected chi connectivity index (χ2v) is 54.0. The average Bonchev–Trinajstić information content (AvgIpc) is 4.02. The first-order valence-electron chi connectivity index (χ1n) is 25.5. The first-order chi connectivity index (χ1) is 28.3. The fourth-order valence-corrected chi connectivity index (χ4v) is 94.4. The molecule has 7 saturated carbocycles. The van der Waals surface area contributed by atoms with Crippen LogP contribution >= 0.6 is 0 Å². The summed E-state index contributed by atoms with van der Waals surface area (Å²) in [7, 11) is -24.5. The molecule has 7 aliphatic carbocycles. The fourth-order valence-electron chi connectivity index (χ4n) is 16.6. The van der Waals surface area contributed by atoms with Crippen LogP contribution in [0.2, 0.25) is 67.5 Å². The quantitative estimate of drug-likeness (QED) is 0.167. The maximum absolute atomic E-state index is 9.01. The first kappa shape index (κ1) is 40.6. The Morgan fingerprint density at radius 3 is 0.690 bits per heavy atom. The zero-order chi connectivity index (χ0) is 38.7. The van der Waals surface area contributed by atoms with Gasteiger partial charge in [0, 0.05) is 67.5 Å². The third-order valence-corrected chi connectivity index (χ3v) is 71.0. The molecule has 0 aromatic rings. The lowest BCUT2D eigenvalue weighted by atomic mass is 10.4. The molecule has 8 bridgehead atoms. The minimum absolute atomic E-state index is 0.478. The van der Waals surface area contributed by atoms with Crippen molar-refractivity contribution in [1.82, 2.24) is 0 Å². The lowest BCUT2D eigenvalue weighted by molar-refractivity contribution is 0.143. The van der Waals surface area contributed by atoms with E-state index >= 15 is 0 Å². The van der Waals surface area contributed by atoms with Crippen LogP contribution in [0.15, 0.2) is 12.7 Å².